The SMILES string of the molecule is COc1ccc(Br)cc1S(=O)(=O)N1CCC(c2ccccc2)C1. The highest BCUT2D eigenvalue weighted by Gasteiger charge is 2.34. The van der Waals surface area contributed by atoms with E-state index in [2.05, 4.69) is 28.1 Å². The van der Waals surface area contributed by atoms with E-state index in [-0.39, 0.29) is 10.8 Å². The fraction of sp³-hybridized carbons (Fsp3) is 0.294. The van der Waals surface area contributed by atoms with E-state index in [1.165, 1.54) is 12.7 Å². The van der Waals surface area contributed by atoms with Gasteiger partial charge < -0.3 is 4.74 Å². The molecule has 4 nitrogen and oxygen atoms in total. The second-order valence-electron chi connectivity index (χ2n) is 5.55. The lowest BCUT2D eigenvalue weighted by molar-refractivity contribution is 0.398. The third kappa shape index (κ3) is 3.29. The van der Waals surface area contributed by atoms with Gasteiger partial charge in [0, 0.05) is 17.6 Å². The Morgan fingerprint density at radius 3 is 2.61 bits per heavy atom. The minimum Gasteiger partial charge on any atom is -0.495 e. The average Bonchev–Trinajstić information content (AvgIpc) is 3.06. The quantitative estimate of drug-likeness (QED) is 0.793. The molecule has 1 unspecified atom stereocenters. The fourth-order valence-corrected chi connectivity index (χ4v) is 5.13. The van der Waals surface area contributed by atoms with Gasteiger partial charge in [-0.05, 0) is 36.1 Å². The van der Waals surface area contributed by atoms with Crippen LogP contribution in [0.3, 0.4) is 0 Å². The van der Waals surface area contributed by atoms with E-state index in [0.29, 0.717) is 18.8 Å². The first-order valence-electron chi connectivity index (χ1n) is 7.41. The van der Waals surface area contributed by atoms with Gasteiger partial charge in [-0.15, -0.1) is 0 Å². The second kappa shape index (κ2) is 6.63. The summed E-state index contributed by atoms with van der Waals surface area (Å²) in [7, 11) is -2.08. The number of hydrogen-bond donors (Lipinski definition) is 0. The molecule has 2 aromatic carbocycles. The van der Waals surface area contributed by atoms with Crippen molar-refractivity contribution in [1.29, 1.82) is 0 Å². The van der Waals surface area contributed by atoms with E-state index in [0.717, 1.165) is 10.9 Å². The van der Waals surface area contributed by atoms with Gasteiger partial charge in [0.25, 0.3) is 0 Å². The van der Waals surface area contributed by atoms with Gasteiger partial charge in [-0.3, -0.25) is 0 Å². The first-order chi connectivity index (χ1) is 11.0. The Bertz CT molecular complexity index is 793. The number of ether oxygens (including phenoxy) is 1. The molecule has 6 heteroatoms. The van der Waals surface area contributed by atoms with Crippen molar-refractivity contribution < 1.29 is 13.2 Å². The van der Waals surface area contributed by atoms with Gasteiger partial charge in [-0.2, -0.15) is 4.31 Å². The van der Waals surface area contributed by atoms with Crippen LogP contribution < -0.4 is 4.74 Å². The van der Waals surface area contributed by atoms with Crippen LogP contribution >= 0.6 is 15.9 Å². The smallest absolute Gasteiger partial charge is 0.246 e. The summed E-state index contributed by atoms with van der Waals surface area (Å²) in [6.07, 6.45) is 0.833. The first-order valence-corrected chi connectivity index (χ1v) is 9.64. The van der Waals surface area contributed by atoms with Crippen molar-refractivity contribution >= 4 is 26.0 Å². The van der Waals surface area contributed by atoms with E-state index in [4.69, 9.17) is 4.74 Å². The Labute approximate surface area is 145 Å². The lowest BCUT2D eigenvalue weighted by Gasteiger charge is -2.18. The number of sulfonamides is 1. The maximum absolute atomic E-state index is 13.0. The molecular weight excluding hydrogens is 378 g/mol. The van der Waals surface area contributed by atoms with E-state index in [1.807, 2.05) is 18.2 Å². The van der Waals surface area contributed by atoms with Crippen molar-refractivity contribution in [2.45, 2.75) is 17.2 Å². The molecular formula is C17H18BrNO3S. The Balaban J connectivity index is 1.89. The molecule has 2 aromatic rings. The normalized spacial score (nSPS) is 19.0. The number of rotatable bonds is 4. The predicted molar refractivity (Wildman–Crippen MR) is 93.3 cm³/mol. The van der Waals surface area contributed by atoms with Crippen LogP contribution in [0.4, 0.5) is 0 Å². The molecule has 0 bridgehead atoms. The van der Waals surface area contributed by atoms with E-state index < -0.39 is 10.0 Å². The fourth-order valence-electron chi connectivity index (χ4n) is 2.94. The zero-order valence-corrected chi connectivity index (χ0v) is 15.2. The highest BCUT2D eigenvalue weighted by molar-refractivity contribution is 9.10. The lowest BCUT2D eigenvalue weighted by atomic mass is 9.99. The highest BCUT2D eigenvalue weighted by Crippen LogP contribution is 2.35. The number of nitrogens with zero attached hydrogens (tertiary/aromatic N) is 1. The molecule has 0 N–H and O–H groups in total. The topological polar surface area (TPSA) is 46.6 Å². The summed E-state index contributed by atoms with van der Waals surface area (Å²) in [5, 5.41) is 0. The zero-order chi connectivity index (χ0) is 16.4. The molecule has 0 spiro atoms. The Hall–Kier alpha value is -1.37. The Morgan fingerprint density at radius 2 is 1.91 bits per heavy atom. The van der Waals surface area contributed by atoms with Crippen molar-refractivity contribution in [3.63, 3.8) is 0 Å². The number of halogens is 1. The average molecular weight is 396 g/mol. The molecule has 3 rings (SSSR count). The van der Waals surface area contributed by atoms with Crippen LogP contribution in [0.25, 0.3) is 0 Å². The van der Waals surface area contributed by atoms with Crippen molar-refractivity contribution in [3.05, 3.63) is 58.6 Å². The van der Waals surface area contributed by atoms with Gasteiger partial charge >= 0.3 is 0 Å². The monoisotopic (exact) mass is 395 g/mol. The van der Waals surface area contributed by atoms with Gasteiger partial charge in [0.15, 0.2) is 0 Å². The highest BCUT2D eigenvalue weighted by atomic mass is 79.9. The maximum Gasteiger partial charge on any atom is 0.246 e. The van der Waals surface area contributed by atoms with Gasteiger partial charge in [-0.25, -0.2) is 8.42 Å². The summed E-state index contributed by atoms with van der Waals surface area (Å²) < 4.78 is 33.4. The molecule has 1 aliphatic heterocycles. The molecule has 23 heavy (non-hydrogen) atoms. The van der Waals surface area contributed by atoms with Crippen LogP contribution in [0.5, 0.6) is 5.75 Å². The van der Waals surface area contributed by atoms with Crippen molar-refractivity contribution in [2.75, 3.05) is 20.2 Å². The number of methoxy groups -OCH3 is 1. The zero-order valence-electron chi connectivity index (χ0n) is 12.8. The van der Waals surface area contributed by atoms with Crippen LogP contribution in [0.2, 0.25) is 0 Å². The second-order valence-corrected chi connectivity index (χ2v) is 8.38. The van der Waals surface area contributed by atoms with Crippen molar-refractivity contribution in [1.82, 2.24) is 4.31 Å². The van der Waals surface area contributed by atoms with Crippen molar-refractivity contribution in [2.24, 2.45) is 0 Å². The summed E-state index contributed by atoms with van der Waals surface area (Å²) in [5.41, 5.74) is 1.19. The molecule has 1 saturated heterocycles. The van der Waals surface area contributed by atoms with Crippen LogP contribution in [-0.4, -0.2) is 32.9 Å². The standard InChI is InChI=1S/C17H18BrNO3S/c1-22-16-8-7-15(18)11-17(16)23(20,21)19-10-9-14(12-19)13-5-3-2-4-6-13/h2-8,11,14H,9-10,12H2,1H3. The summed E-state index contributed by atoms with van der Waals surface area (Å²) >= 11 is 3.34. The van der Waals surface area contributed by atoms with Gasteiger partial charge in [-0.1, -0.05) is 46.3 Å². The summed E-state index contributed by atoms with van der Waals surface area (Å²) in [6, 6.07) is 15.1. The van der Waals surface area contributed by atoms with Crippen LogP contribution in [0.15, 0.2) is 57.9 Å². The van der Waals surface area contributed by atoms with Gasteiger partial charge in [0.2, 0.25) is 10.0 Å². The van der Waals surface area contributed by atoms with Crippen LogP contribution in [0.1, 0.15) is 17.9 Å². The first kappa shape index (κ1) is 16.5. The minimum atomic E-state index is -3.57. The number of hydrogen-bond acceptors (Lipinski definition) is 3. The molecule has 0 radical (unpaired) electrons. The third-order valence-corrected chi connectivity index (χ3v) is 6.55. The van der Waals surface area contributed by atoms with Crippen LogP contribution in [0, 0.1) is 0 Å². The molecule has 1 aliphatic rings. The van der Waals surface area contributed by atoms with Gasteiger partial charge in [0.1, 0.15) is 10.6 Å². The van der Waals surface area contributed by atoms with Gasteiger partial charge in [0.05, 0.1) is 7.11 Å². The molecule has 0 aromatic heterocycles. The molecule has 0 aliphatic carbocycles. The van der Waals surface area contributed by atoms with E-state index in [9.17, 15) is 8.42 Å². The van der Waals surface area contributed by atoms with Crippen LogP contribution in [-0.2, 0) is 10.0 Å². The number of benzene rings is 2. The summed E-state index contributed by atoms with van der Waals surface area (Å²) in [5.74, 6) is 0.612. The molecule has 122 valence electrons. The maximum atomic E-state index is 13.0. The molecule has 0 saturated carbocycles. The Kier molecular flexibility index (Phi) is 4.75. The molecule has 1 fully saturated rings. The largest absolute Gasteiger partial charge is 0.495 e. The minimum absolute atomic E-state index is 0.211. The third-order valence-electron chi connectivity index (χ3n) is 4.17. The summed E-state index contributed by atoms with van der Waals surface area (Å²) in [4.78, 5) is 0.211. The lowest BCUT2D eigenvalue weighted by Crippen LogP contribution is -2.29. The molecule has 0 amide bonds. The van der Waals surface area contributed by atoms with E-state index in [1.54, 1.807) is 22.5 Å². The molecule has 1 heterocycles. The van der Waals surface area contributed by atoms with E-state index >= 15 is 0 Å². The molecule has 1 atom stereocenters. The predicted octanol–water partition coefficient (Wildman–Crippen LogP) is 3.64. The summed E-state index contributed by atoms with van der Waals surface area (Å²) in [6.45, 7) is 1.03. The van der Waals surface area contributed by atoms with Crippen molar-refractivity contribution in [3.8, 4) is 5.75 Å². The Morgan fingerprint density at radius 1 is 1.17 bits per heavy atom.